The minimum atomic E-state index is 0.656. The molecule has 0 N–H and O–H groups in total. The number of piperidine rings is 1. The minimum Gasteiger partial charge on any atom is -0.303 e. The summed E-state index contributed by atoms with van der Waals surface area (Å²) < 4.78 is 0. The molecule has 1 aliphatic rings. The maximum absolute atomic E-state index is 2.65. The molecule has 0 atom stereocenters. The van der Waals surface area contributed by atoms with Crippen molar-refractivity contribution >= 4 is 0 Å². The third-order valence-corrected chi connectivity index (χ3v) is 4.98. The van der Waals surface area contributed by atoms with Crippen molar-refractivity contribution in [3.05, 3.63) is 35.9 Å². The minimum absolute atomic E-state index is 0.656. The van der Waals surface area contributed by atoms with Crippen LogP contribution in [-0.4, -0.2) is 24.5 Å². The second-order valence-corrected chi connectivity index (χ2v) is 5.78. The predicted molar refractivity (Wildman–Crippen MR) is 78.8 cm³/mol. The van der Waals surface area contributed by atoms with E-state index < -0.39 is 0 Å². The van der Waals surface area contributed by atoms with Gasteiger partial charge in [-0.25, -0.2) is 0 Å². The van der Waals surface area contributed by atoms with Gasteiger partial charge in [-0.05, 0) is 43.3 Å². The predicted octanol–water partition coefficient (Wildman–Crippen LogP) is 4.13. The summed E-state index contributed by atoms with van der Waals surface area (Å²) in [6, 6.07) is 10.9. The zero-order valence-corrected chi connectivity index (χ0v) is 12.0. The van der Waals surface area contributed by atoms with Gasteiger partial charge in [-0.1, -0.05) is 57.0 Å². The molecule has 1 nitrogen and oxygen atoms in total. The molecule has 1 heteroatoms. The molecule has 0 aromatic heterocycles. The molecule has 1 saturated heterocycles. The Morgan fingerprint density at radius 2 is 1.61 bits per heavy atom. The van der Waals surface area contributed by atoms with Gasteiger partial charge in [0, 0.05) is 6.54 Å². The molecule has 0 bridgehead atoms. The quantitative estimate of drug-likeness (QED) is 0.754. The maximum atomic E-state index is 2.65. The van der Waals surface area contributed by atoms with Gasteiger partial charge in [-0.3, -0.25) is 0 Å². The summed E-state index contributed by atoms with van der Waals surface area (Å²) in [6.07, 6.45) is 6.71. The Hall–Kier alpha value is -0.820. The van der Waals surface area contributed by atoms with Crippen LogP contribution >= 0.6 is 0 Å². The van der Waals surface area contributed by atoms with Crippen LogP contribution in [0.3, 0.4) is 0 Å². The molecule has 100 valence electrons. The Morgan fingerprint density at radius 3 is 2.17 bits per heavy atom. The van der Waals surface area contributed by atoms with E-state index in [2.05, 4.69) is 49.1 Å². The Bertz CT molecular complexity index is 330. The van der Waals surface area contributed by atoms with Gasteiger partial charge >= 0.3 is 0 Å². The molecule has 0 radical (unpaired) electrons. The SMILES string of the molecule is CCC1(CC)CCN(CCc2ccccc2)CC1. The Labute approximate surface area is 112 Å². The van der Waals surface area contributed by atoms with Crippen LogP contribution in [0.25, 0.3) is 0 Å². The Morgan fingerprint density at radius 1 is 1.00 bits per heavy atom. The third-order valence-electron chi connectivity index (χ3n) is 4.98. The molecular weight excluding hydrogens is 218 g/mol. The summed E-state index contributed by atoms with van der Waals surface area (Å²) in [5, 5.41) is 0. The standard InChI is InChI=1S/C17H27N/c1-3-17(4-2)11-14-18(15-12-17)13-10-16-8-6-5-7-9-16/h5-9H,3-4,10-15H2,1-2H3. The Balaban J connectivity index is 1.77. The molecule has 0 spiro atoms. The molecular formula is C17H27N. The van der Waals surface area contributed by atoms with Crippen molar-refractivity contribution in [2.75, 3.05) is 19.6 Å². The van der Waals surface area contributed by atoms with Crippen LogP contribution in [0, 0.1) is 5.41 Å². The number of likely N-dealkylation sites (tertiary alicyclic amines) is 1. The van der Waals surface area contributed by atoms with Gasteiger partial charge in [0.15, 0.2) is 0 Å². The first-order valence-corrected chi connectivity index (χ1v) is 7.54. The highest BCUT2D eigenvalue weighted by atomic mass is 15.1. The molecule has 0 saturated carbocycles. The van der Waals surface area contributed by atoms with Gasteiger partial charge in [0.1, 0.15) is 0 Å². The zero-order valence-electron chi connectivity index (χ0n) is 12.0. The topological polar surface area (TPSA) is 3.24 Å². The van der Waals surface area contributed by atoms with E-state index in [-0.39, 0.29) is 0 Å². The first-order valence-electron chi connectivity index (χ1n) is 7.54. The van der Waals surface area contributed by atoms with Crippen LogP contribution in [0.15, 0.2) is 30.3 Å². The van der Waals surface area contributed by atoms with E-state index in [1.54, 1.807) is 0 Å². The van der Waals surface area contributed by atoms with E-state index >= 15 is 0 Å². The van der Waals surface area contributed by atoms with Crippen molar-refractivity contribution < 1.29 is 0 Å². The van der Waals surface area contributed by atoms with Gasteiger partial charge in [0.25, 0.3) is 0 Å². The van der Waals surface area contributed by atoms with Gasteiger partial charge in [0.05, 0.1) is 0 Å². The molecule has 1 aromatic carbocycles. The summed E-state index contributed by atoms with van der Waals surface area (Å²) in [5.41, 5.74) is 2.13. The molecule has 0 unspecified atom stereocenters. The average molecular weight is 245 g/mol. The van der Waals surface area contributed by atoms with Gasteiger partial charge in [-0.2, -0.15) is 0 Å². The molecule has 2 rings (SSSR count). The van der Waals surface area contributed by atoms with Crippen LogP contribution in [0.1, 0.15) is 45.1 Å². The lowest BCUT2D eigenvalue weighted by Gasteiger charge is -2.41. The molecule has 0 amide bonds. The van der Waals surface area contributed by atoms with Crippen molar-refractivity contribution in [1.29, 1.82) is 0 Å². The Kier molecular flexibility index (Phi) is 4.82. The van der Waals surface area contributed by atoms with Crippen LogP contribution in [0.4, 0.5) is 0 Å². The lowest BCUT2D eigenvalue weighted by molar-refractivity contribution is 0.0963. The first kappa shape index (κ1) is 13.6. The van der Waals surface area contributed by atoms with Crippen LogP contribution in [0.2, 0.25) is 0 Å². The average Bonchev–Trinajstić information content (AvgIpc) is 2.47. The van der Waals surface area contributed by atoms with E-state index in [1.807, 2.05) is 0 Å². The number of rotatable bonds is 5. The first-order chi connectivity index (χ1) is 8.78. The molecule has 1 aliphatic heterocycles. The highest BCUT2D eigenvalue weighted by molar-refractivity contribution is 5.14. The second kappa shape index (κ2) is 6.38. The third kappa shape index (κ3) is 3.35. The fourth-order valence-corrected chi connectivity index (χ4v) is 3.14. The molecule has 18 heavy (non-hydrogen) atoms. The van der Waals surface area contributed by atoms with Gasteiger partial charge in [-0.15, -0.1) is 0 Å². The van der Waals surface area contributed by atoms with Crippen molar-refractivity contribution in [2.24, 2.45) is 5.41 Å². The molecule has 1 fully saturated rings. The number of hydrogen-bond acceptors (Lipinski definition) is 1. The van der Waals surface area contributed by atoms with Crippen molar-refractivity contribution in [1.82, 2.24) is 4.90 Å². The number of benzene rings is 1. The normalized spacial score (nSPS) is 19.9. The summed E-state index contributed by atoms with van der Waals surface area (Å²) in [6.45, 7) is 8.56. The molecule has 0 aliphatic carbocycles. The smallest absolute Gasteiger partial charge is 0.00218 e. The molecule has 1 heterocycles. The summed E-state index contributed by atoms with van der Waals surface area (Å²) in [4.78, 5) is 2.65. The zero-order chi connectivity index (χ0) is 12.8. The van der Waals surface area contributed by atoms with E-state index in [0.717, 1.165) is 0 Å². The van der Waals surface area contributed by atoms with Gasteiger partial charge in [0.2, 0.25) is 0 Å². The molecule has 1 aromatic rings. The number of hydrogen-bond donors (Lipinski definition) is 0. The van der Waals surface area contributed by atoms with E-state index in [0.29, 0.717) is 5.41 Å². The highest BCUT2D eigenvalue weighted by Crippen LogP contribution is 2.37. The lowest BCUT2D eigenvalue weighted by Crippen LogP contribution is -2.40. The van der Waals surface area contributed by atoms with E-state index in [1.165, 1.54) is 57.3 Å². The second-order valence-electron chi connectivity index (χ2n) is 5.78. The fraction of sp³-hybridized carbons (Fsp3) is 0.647. The van der Waals surface area contributed by atoms with Crippen molar-refractivity contribution in [2.45, 2.75) is 46.0 Å². The van der Waals surface area contributed by atoms with Crippen LogP contribution in [0.5, 0.6) is 0 Å². The van der Waals surface area contributed by atoms with E-state index in [9.17, 15) is 0 Å². The lowest BCUT2D eigenvalue weighted by atomic mass is 9.74. The fourth-order valence-electron chi connectivity index (χ4n) is 3.14. The monoisotopic (exact) mass is 245 g/mol. The highest BCUT2D eigenvalue weighted by Gasteiger charge is 2.30. The van der Waals surface area contributed by atoms with Crippen molar-refractivity contribution in [3.8, 4) is 0 Å². The van der Waals surface area contributed by atoms with Crippen molar-refractivity contribution in [3.63, 3.8) is 0 Å². The summed E-state index contributed by atoms with van der Waals surface area (Å²) in [7, 11) is 0. The van der Waals surface area contributed by atoms with Gasteiger partial charge < -0.3 is 4.90 Å². The van der Waals surface area contributed by atoms with Crippen LogP contribution in [-0.2, 0) is 6.42 Å². The van der Waals surface area contributed by atoms with Crippen LogP contribution < -0.4 is 0 Å². The summed E-state index contributed by atoms with van der Waals surface area (Å²) >= 11 is 0. The maximum Gasteiger partial charge on any atom is 0.00218 e. The largest absolute Gasteiger partial charge is 0.303 e. The van der Waals surface area contributed by atoms with E-state index in [4.69, 9.17) is 0 Å². The summed E-state index contributed by atoms with van der Waals surface area (Å²) in [5.74, 6) is 0. The number of nitrogens with zero attached hydrogens (tertiary/aromatic N) is 1.